The van der Waals surface area contributed by atoms with Crippen LogP contribution in [-0.4, -0.2) is 27.0 Å². The Kier molecular flexibility index (Phi) is 3.08. The highest BCUT2D eigenvalue weighted by atomic mass is 16.1. The van der Waals surface area contributed by atoms with Gasteiger partial charge < -0.3 is 11.1 Å². The lowest BCUT2D eigenvalue weighted by molar-refractivity contribution is 0.0946. The van der Waals surface area contributed by atoms with Gasteiger partial charge in [0.2, 0.25) is 0 Å². The van der Waals surface area contributed by atoms with E-state index in [0.29, 0.717) is 12.4 Å². The Balaban J connectivity index is 1.82. The van der Waals surface area contributed by atoms with Gasteiger partial charge in [0.05, 0.1) is 0 Å². The molecule has 0 fully saturated rings. The Labute approximate surface area is 133 Å². The molecule has 0 spiro atoms. The largest absolute Gasteiger partial charge is 0.384 e. The Morgan fingerprint density at radius 2 is 2.04 bits per heavy atom. The molecule has 1 aliphatic rings. The lowest BCUT2D eigenvalue weighted by Crippen LogP contribution is -2.31. The number of anilines is 1. The van der Waals surface area contributed by atoms with E-state index in [2.05, 4.69) is 15.3 Å². The average molecular weight is 305 g/mol. The van der Waals surface area contributed by atoms with Crippen LogP contribution in [-0.2, 0) is 6.42 Å². The zero-order valence-corrected chi connectivity index (χ0v) is 12.4. The molecule has 1 amide bonds. The van der Waals surface area contributed by atoms with Crippen LogP contribution in [0.3, 0.4) is 0 Å². The predicted molar refractivity (Wildman–Crippen MR) is 87.2 cm³/mol. The quantitative estimate of drug-likeness (QED) is 0.756. The number of nitrogens with one attached hydrogen (secondary N) is 1. The second kappa shape index (κ2) is 5.24. The number of nitrogens with two attached hydrogens (primary N) is 1. The zero-order valence-electron chi connectivity index (χ0n) is 12.4. The number of aromatic nitrogens is 3. The van der Waals surface area contributed by atoms with Gasteiger partial charge in [0.15, 0.2) is 0 Å². The van der Waals surface area contributed by atoms with Gasteiger partial charge in [0, 0.05) is 41.9 Å². The molecule has 6 heteroatoms. The smallest absolute Gasteiger partial charge is 0.251 e. The molecule has 23 heavy (non-hydrogen) atoms. The number of hydrogen-bond donors (Lipinski definition) is 2. The summed E-state index contributed by atoms with van der Waals surface area (Å²) in [4.78, 5) is 20.5. The summed E-state index contributed by atoms with van der Waals surface area (Å²) in [6.45, 7) is 0.692. The molecular weight excluding hydrogens is 290 g/mol. The molecule has 0 saturated heterocycles. The summed E-state index contributed by atoms with van der Waals surface area (Å²) in [7, 11) is 0. The van der Waals surface area contributed by atoms with E-state index in [1.54, 1.807) is 18.5 Å². The molecule has 6 nitrogen and oxygen atoms in total. The van der Waals surface area contributed by atoms with Crippen molar-refractivity contribution in [2.75, 3.05) is 12.3 Å². The van der Waals surface area contributed by atoms with Crippen molar-refractivity contribution in [3.05, 3.63) is 60.0 Å². The third-order valence-electron chi connectivity index (χ3n) is 3.98. The van der Waals surface area contributed by atoms with Crippen LogP contribution in [0.25, 0.3) is 17.1 Å². The topological polar surface area (TPSA) is 85.8 Å². The van der Waals surface area contributed by atoms with Crippen molar-refractivity contribution in [1.82, 2.24) is 19.9 Å². The number of carbonyl (C=O) groups excluding carboxylic acids is 1. The van der Waals surface area contributed by atoms with E-state index in [1.807, 2.05) is 35.0 Å². The van der Waals surface area contributed by atoms with Crippen LogP contribution < -0.4 is 11.1 Å². The molecule has 1 aliphatic heterocycles. The van der Waals surface area contributed by atoms with Crippen LogP contribution in [0, 0.1) is 0 Å². The highest BCUT2D eigenvalue weighted by Crippen LogP contribution is 2.24. The minimum Gasteiger partial charge on any atom is -0.384 e. The maximum absolute atomic E-state index is 12.0. The molecule has 0 unspecified atom stereocenters. The number of imidazole rings is 1. The fourth-order valence-electron chi connectivity index (χ4n) is 2.86. The van der Waals surface area contributed by atoms with Gasteiger partial charge in [-0.1, -0.05) is 6.07 Å². The van der Waals surface area contributed by atoms with Gasteiger partial charge in [-0.05, 0) is 36.2 Å². The highest BCUT2D eigenvalue weighted by Gasteiger charge is 2.18. The van der Waals surface area contributed by atoms with E-state index in [4.69, 9.17) is 5.73 Å². The fourth-order valence-corrected chi connectivity index (χ4v) is 2.86. The molecule has 4 rings (SSSR count). The van der Waals surface area contributed by atoms with Crippen molar-refractivity contribution < 1.29 is 4.79 Å². The lowest BCUT2D eigenvalue weighted by atomic mass is 9.99. The molecule has 0 radical (unpaired) electrons. The third kappa shape index (κ3) is 2.34. The number of hydrogen-bond acceptors (Lipinski definition) is 4. The molecule has 114 valence electrons. The van der Waals surface area contributed by atoms with Crippen molar-refractivity contribution in [1.29, 1.82) is 0 Å². The van der Waals surface area contributed by atoms with E-state index in [0.717, 1.165) is 34.6 Å². The van der Waals surface area contributed by atoms with Crippen molar-refractivity contribution in [2.24, 2.45) is 0 Å². The van der Waals surface area contributed by atoms with Crippen LogP contribution in [0.2, 0.25) is 0 Å². The third-order valence-corrected chi connectivity index (χ3v) is 3.98. The van der Waals surface area contributed by atoms with Crippen LogP contribution in [0.15, 0.2) is 48.9 Å². The number of rotatable bonds is 2. The lowest BCUT2D eigenvalue weighted by Gasteiger charge is -2.18. The van der Waals surface area contributed by atoms with E-state index < -0.39 is 0 Å². The normalized spacial score (nSPS) is 13.5. The minimum absolute atomic E-state index is 0.0251. The van der Waals surface area contributed by atoms with Crippen molar-refractivity contribution in [2.45, 2.75) is 6.42 Å². The molecule has 0 aliphatic carbocycles. The van der Waals surface area contributed by atoms with Gasteiger partial charge in [0.25, 0.3) is 5.91 Å². The van der Waals surface area contributed by atoms with Gasteiger partial charge in [-0.2, -0.15) is 0 Å². The number of benzene rings is 1. The maximum Gasteiger partial charge on any atom is 0.251 e. The molecule has 3 N–H and O–H groups in total. The first-order valence-electron chi connectivity index (χ1n) is 7.39. The summed E-state index contributed by atoms with van der Waals surface area (Å²) in [6.07, 6.45) is 6.11. The maximum atomic E-state index is 12.0. The fraction of sp³-hybridized carbons (Fsp3) is 0.118. The summed E-state index contributed by atoms with van der Waals surface area (Å²) in [5, 5.41) is 2.88. The number of nitrogen functional groups attached to an aromatic ring is 1. The predicted octanol–water partition coefficient (Wildman–Crippen LogP) is 1.80. The van der Waals surface area contributed by atoms with Crippen LogP contribution >= 0.6 is 0 Å². The van der Waals surface area contributed by atoms with E-state index in [-0.39, 0.29) is 5.91 Å². The molecule has 2 aromatic heterocycles. The minimum atomic E-state index is -0.0251. The van der Waals surface area contributed by atoms with Crippen molar-refractivity contribution >= 4 is 11.7 Å². The molecule has 0 bridgehead atoms. The second-order valence-corrected chi connectivity index (χ2v) is 5.44. The van der Waals surface area contributed by atoms with Crippen molar-refractivity contribution in [3.63, 3.8) is 0 Å². The standard InChI is InChI=1S/C17H15N5O/c18-15-9-12(4-5-19-15)16-20-7-8-22(16)13-2-1-11-3-6-21-17(23)14(11)10-13/h1-2,4-5,7-10H,3,6H2,(H2,18,19)(H,21,23). The van der Waals surface area contributed by atoms with Crippen LogP contribution in [0.4, 0.5) is 5.82 Å². The zero-order chi connectivity index (χ0) is 15.8. The molecule has 3 heterocycles. The van der Waals surface area contributed by atoms with Gasteiger partial charge in [0.1, 0.15) is 11.6 Å². The van der Waals surface area contributed by atoms with E-state index in [1.165, 1.54) is 0 Å². The molecule has 1 aromatic carbocycles. The summed E-state index contributed by atoms with van der Waals surface area (Å²) >= 11 is 0. The number of fused-ring (bicyclic) bond motifs is 1. The highest BCUT2D eigenvalue weighted by molar-refractivity contribution is 5.97. The number of nitrogens with zero attached hydrogens (tertiary/aromatic N) is 3. The monoisotopic (exact) mass is 305 g/mol. The van der Waals surface area contributed by atoms with Crippen molar-refractivity contribution in [3.8, 4) is 17.1 Å². The Hall–Kier alpha value is -3.15. The number of amides is 1. The Bertz CT molecular complexity index is 900. The Morgan fingerprint density at radius 1 is 1.13 bits per heavy atom. The van der Waals surface area contributed by atoms with E-state index >= 15 is 0 Å². The average Bonchev–Trinajstić information content (AvgIpc) is 3.05. The first-order chi connectivity index (χ1) is 11.2. The van der Waals surface area contributed by atoms with Gasteiger partial charge >= 0.3 is 0 Å². The molecular formula is C17H15N5O. The molecule has 0 atom stereocenters. The van der Waals surface area contributed by atoms with Crippen LogP contribution in [0.1, 0.15) is 15.9 Å². The first-order valence-corrected chi connectivity index (χ1v) is 7.39. The summed E-state index contributed by atoms with van der Waals surface area (Å²) < 4.78 is 1.94. The van der Waals surface area contributed by atoms with Crippen LogP contribution in [0.5, 0.6) is 0 Å². The number of pyridine rings is 1. The number of carbonyl (C=O) groups is 1. The molecule has 0 saturated carbocycles. The van der Waals surface area contributed by atoms with Gasteiger partial charge in [-0.15, -0.1) is 0 Å². The second-order valence-electron chi connectivity index (χ2n) is 5.44. The first kappa shape index (κ1) is 13.5. The summed E-state index contributed by atoms with van der Waals surface area (Å²) in [5.74, 6) is 1.18. The van der Waals surface area contributed by atoms with Gasteiger partial charge in [-0.25, -0.2) is 9.97 Å². The Morgan fingerprint density at radius 3 is 2.91 bits per heavy atom. The molecule has 3 aromatic rings. The van der Waals surface area contributed by atoms with Gasteiger partial charge in [-0.3, -0.25) is 9.36 Å². The van der Waals surface area contributed by atoms with E-state index in [9.17, 15) is 4.79 Å². The summed E-state index contributed by atoms with van der Waals surface area (Å²) in [5.41, 5.74) is 9.33. The SMILES string of the molecule is Nc1cc(-c2nccn2-c2ccc3c(c2)C(=O)NCC3)ccn1. The summed E-state index contributed by atoms with van der Waals surface area (Å²) in [6, 6.07) is 9.56.